The van der Waals surface area contributed by atoms with Gasteiger partial charge in [-0.25, -0.2) is 0 Å². The minimum absolute atomic E-state index is 0.0640. The molecule has 0 spiro atoms. The second-order valence-corrected chi connectivity index (χ2v) is 13.1. The summed E-state index contributed by atoms with van der Waals surface area (Å²) in [4.78, 5) is 0.768. The second kappa shape index (κ2) is 14.0. The van der Waals surface area contributed by atoms with Crippen LogP contribution in [-0.2, 0) is 0 Å². The van der Waals surface area contributed by atoms with E-state index in [2.05, 4.69) is 6.07 Å². The summed E-state index contributed by atoms with van der Waals surface area (Å²) in [5.41, 5.74) is 2.37. The van der Waals surface area contributed by atoms with Gasteiger partial charge in [-0.3, -0.25) is 0 Å². The third-order valence-corrected chi connectivity index (χ3v) is 9.88. The molecule has 0 N–H and O–H groups in total. The second-order valence-electron chi connectivity index (χ2n) is 13.1. The summed E-state index contributed by atoms with van der Waals surface area (Å²) in [6, 6.07) is 36.9. The average molecular weight is 713 g/mol. The highest BCUT2D eigenvalue weighted by molar-refractivity contribution is 6.22. The number of nitrogens with zero attached hydrogens (tertiary/aromatic N) is 1. The fraction of sp³-hybridized carbons (Fsp3) is 0. The minimum Gasteiger partial charge on any atom is -0.311 e. The van der Waals surface area contributed by atoms with Crippen LogP contribution in [0.2, 0.25) is 0 Å². The van der Waals surface area contributed by atoms with E-state index in [4.69, 9.17) is 6.85 Å². The predicted octanol–water partition coefficient (Wildman–Crippen LogP) is 15.3. The number of para-hydroxylation sites is 1. The molecule has 1 nitrogen and oxygen atoms in total. The fourth-order valence-corrected chi connectivity index (χ4v) is 7.40. The van der Waals surface area contributed by atoms with Gasteiger partial charge in [-0.1, -0.05) is 182 Å². The molecular weight excluding hydrogens is 663 g/mol. The highest BCUT2D eigenvalue weighted by Gasteiger charge is 2.19. The third kappa shape index (κ3) is 5.93. The Bertz CT molecular complexity index is 3630. The zero-order valence-electron chi connectivity index (χ0n) is 42.3. The molecule has 0 saturated carbocycles. The third-order valence-electron chi connectivity index (χ3n) is 9.88. The number of hydrogen-bond acceptors (Lipinski definition) is 1. The molecule has 10 rings (SSSR count). The first-order valence-corrected chi connectivity index (χ1v) is 17.9. The molecular formula is C54H37N. The monoisotopic (exact) mass is 712 g/mol. The van der Waals surface area contributed by atoms with Crippen molar-refractivity contribution in [2.45, 2.75) is 0 Å². The lowest BCUT2D eigenvalue weighted by Gasteiger charge is -2.26. The van der Waals surface area contributed by atoms with Crippen LogP contribution in [0.3, 0.4) is 0 Å². The van der Waals surface area contributed by atoms with E-state index in [-0.39, 0.29) is 11.1 Å². The summed E-state index contributed by atoms with van der Waals surface area (Å²) in [5, 5.41) is 5.07. The van der Waals surface area contributed by atoms with Crippen LogP contribution in [0.1, 0.15) is 17.8 Å². The molecule has 10 aromatic carbocycles. The molecule has 10 aromatic rings. The van der Waals surface area contributed by atoms with Crippen LogP contribution in [0.15, 0.2) is 224 Å². The van der Waals surface area contributed by atoms with Crippen LogP contribution in [0.5, 0.6) is 0 Å². The lowest BCUT2D eigenvalue weighted by molar-refractivity contribution is 1.28. The molecule has 0 amide bonds. The van der Waals surface area contributed by atoms with E-state index in [1.54, 1.807) is 30.3 Å². The fourth-order valence-electron chi connectivity index (χ4n) is 7.40. The molecule has 0 aliphatic heterocycles. The van der Waals surface area contributed by atoms with Crippen LogP contribution in [0.4, 0.5) is 17.1 Å². The molecule has 0 aliphatic rings. The van der Waals surface area contributed by atoms with Gasteiger partial charge in [0.15, 0.2) is 0 Å². The van der Waals surface area contributed by atoms with Crippen molar-refractivity contribution in [1.82, 2.24) is 0 Å². The largest absolute Gasteiger partial charge is 0.311 e. The zero-order valence-corrected chi connectivity index (χ0v) is 29.3. The Labute approximate surface area is 340 Å². The average Bonchev–Trinajstić information content (AvgIpc) is 3.36. The molecule has 0 fully saturated rings. The van der Waals surface area contributed by atoms with Crippen LogP contribution in [0.25, 0.3) is 76.8 Å². The van der Waals surface area contributed by atoms with Crippen LogP contribution < -0.4 is 4.90 Å². The summed E-state index contributed by atoms with van der Waals surface area (Å²) in [6.07, 6.45) is 0. The Morgan fingerprint density at radius 2 is 0.818 bits per heavy atom. The molecule has 0 atom stereocenters. The van der Waals surface area contributed by atoms with E-state index in [1.807, 2.05) is 109 Å². The van der Waals surface area contributed by atoms with Gasteiger partial charge in [-0.15, -0.1) is 0 Å². The van der Waals surface area contributed by atoms with Crippen LogP contribution in [-0.4, -0.2) is 0 Å². The molecule has 0 radical (unpaired) electrons. The van der Waals surface area contributed by atoms with Gasteiger partial charge in [0, 0.05) is 17.1 Å². The summed E-state index contributed by atoms with van der Waals surface area (Å²) in [5.74, 6) is 0. The SMILES string of the molecule is [2H]c1c([2H])c([2H])c(N(c2c([2H])c([2H])c(-c3ccc4c(c3)c(-c3ccccc3)c(-c3ccccc3)c3ccccc34)c([2H])c2[2H])c2c([2H])c([2H])c(-c3cccc4ccccc34)c([2H])c2[2H])c([2H])c1[2H]. The number of rotatable bonds is 7. The molecule has 258 valence electrons. The normalized spacial score (nSPS) is 14.6. The van der Waals surface area contributed by atoms with Crippen molar-refractivity contribution in [2.75, 3.05) is 4.90 Å². The zero-order chi connectivity index (χ0) is 47.9. The molecule has 0 saturated heterocycles. The number of hydrogen-bond donors (Lipinski definition) is 0. The van der Waals surface area contributed by atoms with Crippen molar-refractivity contribution in [3.63, 3.8) is 0 Å². The molecule has 0 heterocycles. The van der Waals surface area contributed by atoms with Crippen molar-refractivity contribution in [3.8, 4) is 44.5 Å². The van der Waals surface area contributed by atoms with E-state index in [0.717, 1.165) is 54.1 Å². The first-order valence-electron chi connectivity index (χ1n) is 24.4. The van der Waals surface area contributed by atoms with Gasteiger partial charge in [-0.05, 0) is 119 Å². The van der Waals surface area contributed by atoms with Gasteiger partial charge in [0.25, 0.3) is 0 Å². The van der Waals surface area contributed by atoms with Gasteiger partial charge >= 0.3 is 0 Å². The maximum Gasteiger partial charge on any atom is 0.0645 e. The Kier molecular flexibility index (Phi) is 5.45. The Morgan fingerprint density at radius 3 is 1.49 bits per heavy atom. The Balaban J connectivity index is 1.26. The highest BCUT2D eigenvalue weighted by atomic mass is 15.1. The molecule has 0 unspecified atom stereocenters. The van der Waals surface area contributed by atoms with Crippen LogP contribution >= 0.6 is 0 Å². The lowest BCUT2D eigenvalue weighted by Crippen LogP contribution is -2.09. The molecule has 0 aliphatic carbocycles. The smallest absolute Gasteiger partial charge is 0.0645 e. The first kappa shape index (κ1) is 21.5. The van der Waals surface area contributed by atoms with Gasteiger partial charge in [0.05, 0.1) is 17.8 Å². The quantitative estimate of drug-likeness (QED) is 0.149. The summed E-state index contributed by atoms with van der Waals surface area (Å²) < 4.78 is 120. The van der Waals surface area contributed by atoms with Crippen molar-refractivity contribution in [3.05, 3.63) is 224 Å². The maximum atomic E-state index is 9.65. The highest BCUT2D eigenvalue weighted by Crippen LogP contribution is 2.46. The Hall–Kier alpha value is -7.22. The number of fused-ring (bicyclic) bond motifs is 4. The number of anilines is 3. The molecule has 0 bridgehead atoms. The van der Waals surface area contributed by atoms with Gasteiger partial charge in [-0.2, -0.15) is 0 Å². The number of benzene rings is 10. The van der Waals surface area contributed by atoms with Crippen molar-refractivity contribution in [2.24, 2.45) is 0 Å². The van der Waals surface area contributed by atoms with Crippen LogP contribution in [0, 0.1) is 0 Å². The summed E-state index contributed by atoms with van der Waals surface area (Å²) >= 11 is 0. The van der Waals surface area contributed by atoms with Gasteiger partial charge < -0.3 is 4.90 Å². The van der Waals surface area contributed by atoms with E-state index in [1.165, 1.54) is 0 Å². The van der Waals surface area contributed by atoms with Crippen molar-refractivity contribution >= 4 is 49.4 Å². The van der Waals surface area contributed by atoms with Gasteiger partial charge in [0.1, 0.15) is 0 Å². The summed E-state index contributed by atoms with van der Waals surface area (Å²) in [7, 11) is 0. The topological polar surface area (TPSA) is 3.24 Å². The predicted molar refractivity (Wildman–Crippen MR) is 235 cm³/mol. The summed E-state index contributed by atoms with van der Waals surface area (Å²) in [6.45, 7) is 0. The van der Waals surface area contributed by atoms with Gasteiger partial charge in [0.2, 0.25) is 0 Å². The molecule has 55 heavy (non-hydrogen) atoms. The Morgan fingerprint density at radius 1 is 0.309 bits per heavy atom. The van der Waals surface area contributed by atoms with Crippen molar-refractivity contribution < 1.29 is 17.8 Å². The molecule has 0 aromatic heterocycles. The van der Waals surface area contributed by atoms with E-state index < -0.39 is 95.6 Å². The van der Waals surface area contributed by atoms with E-state index in [0.29, 0.717) is 16.5 Å². The van der Waals surface area contributed by atoms with E-state index in [9.17, 15) is 11.0 Å². The minimum atomic E-state index is -0.823. The lowest BCUT2D eigenvalue weighted by atomic mass is 9.84. The maximum absolute atomic E-state index is 9.65. The first-order chi connectivity index (χ1) is 32.7. The van der Waals surface area contributed by atoms with Crippen molar-refractivity contribution in [1.29, 1.82) is 0 Å². The van der Waals surface area contributed by atoms with E-state index >= 15 is 0 Å². The molecule has 1 heteroatoms. The standard InChI is InChI=1S/C54H37N/c1-4-16-41(17-5-1)53-51-25-13-12-24-49(51)50-36-31-43(37-52(50)54(53)42-18-6-2-7-19-42)38-27-32-45(33-28-38)55(44-21-8-3-9-22-44)46-34-29-40(30-35-46)48-26-14-20-39-15-10-11-23-47(39)48/h1-37H/i3D,8D,9D,21D,22D,27D,28D,29D,30D,32D,33D,34D,35D.